The molecule has 0 bridgehead atoms. The van der Waals surface area contributed by atoms with Gasteiger partial charge in [0.25, 0.3) is 0 Å². The number of anilines is 2. The molecule has 4 heterocycles. The summed E-state index contributed by atoms with van der Waals surface area (Å²) in [4.78, 5) is 20.1. The molecule has 146 valence electrons. The lowest BCUT2D eigenvalue weighted by Crippen LogP contribution is -2.39. The molecule has 1 aliphatic rings. The fourth-order valence-corrected chi connectivity index (χ4v) is 3.48. The second kappa shape index (κ2) is 8.65. The van der Waals surface area contributed by atoms with E-state index in [1.165, 1.54) is 0 Å². The molecule has 0 saturated carbocycles. The van der Waals surface area contributed by atoms with Crippen LogP contribution in [0.15, 0.2) is 48.9 Å². The van der Waals surface area contributed by atoms with Gasteiger partial charge in [-0.25, -0.2) is 15.0 Å². The standard InChI is InChI=1S/C22H23N7/c1-2-18-13-20(28-22(27-18)17-5-9-24-10-6-17)26-19-7-11-29(12-8-19)21-4-3-16(14-23)15-25-21/h3-6,9-10,13,15,19H,2,7-8,11-12H2,1H3,(H,26,27,28). The van der Waals surface area contributed by atoms with Gasteiger partial charge in [0.05, 0.1) is 5.56 Å². The van der Waals surface area contributed by atoms with Crippen LogP contribution in [-0.2, 0) is 6.42 Å². The highest BCUT2D eigenvalue weighted by Gasteiger charge is 2.21. The summed E-state index contributed by atoms with van der Waals surface area (Å²) >= 11 is 0. The Morgan fingerprint density at radius 2 is 1.93 bits per heavy atom. The molecule has 7 nitrogen and oxygen atoms in total. The summed E-state index contributed by atoms with van der Waals surface area (Å²) in [6.45, 7) is 3.94. The molecule has 7 heteroatoms. The third-order valence-corrected chi connectivity index (χ3v) is 5.13. The van der Waals surface area contributed by atoms with E-state index in [1.54, 1.807) is 18.6 Å². The predicted octanol–water partition coefficient (Wildman–Crippen LogP) is 3.45. The Kier molecular flexibility index (Phi) is 5.61. The molecule has 4 rings (SSSR count). The van der Waals surface area contributed by atoms with E-state index in [-0.39, 0.29) is 0 Å². The molecule has 0 amide bonds. The minimum Gasteiger partial charge on any atom is -0.367 e. The van der Waals surface area contributed by atoms with Gasteiger partial charge in [0.15, 0.2) is 5.82 Å². The molecule has 3 aromatic rings. The second-order valence-corrected chi connectivity index (χ2v) is 7.08. The lowest BCUT2D eigenvalue weighted by Gasteiger charge is -2.33. The smallest absolute Gasteiger partial charge is 0.161 e. The zero-order chi connectivity index (χ0) is 20.1. The van der Waals surface area contributed by atoms with Gasteiger partial charge in [-0.15, -0.1) is 0 Å². The first kappa shape index (κ1) is 18.8. The van der Waals surface area contributed by atoms with Crippen LogP contribution in [0.4, 0.5) is 11.6 Å². The van der Waals surface area contributed by atoms with Gasteiger partial charge in [0.1, 0.15) is 17.7 Å². The van der Waals surface area contributed by atoms with E-state index >= 15 is 0 Å². The number of aryl methyl sites for hydroxylation is 1. The lowest BCUT2D eigenvalue weighted by molar-refractivity contribution is 0.522. The maximum Gasteiger partial charge on any atom is 0.161 e. The zero-order valence-electron chi connectivity index (χ0n) is 16.4. The van der Waals surface area contributed by atoms with Gasteiger partial charge < -0.3 is 10.2 Å². The van der Waals surface area contributed by atoms with Crippen LogP contribution in [0.2, 0.25) is 0 Å². The van der Waals surface area contributed by atoms with Crippen molar-refractivity contribution in [2.45, 2.75) is 32.2 Å². The Morgan fingerprint density at radius 1 is 1.14 bits per heavy atom. The number of hydrogen-bond acceptors (Lipinski definition) is 7. The zero-order valence-corrected chi connectivity index (χ0v) is 16.4. The fourth-order valence-electron chi connectivity index (χ4n) is 3.48. The van der Waals surface area contributed by atoms with E-state index in [1.807, 2.05) is 30.3 Å². The minimum atomic E-state index is 0.356. The van der Waals surface area contributed by atoms with Crippen molar-refractivity contribution in [1.82, 2.24) is 19.9 Å². The molecule has 1 N–H and O–H groups in total. The van der Waals surface area contributed by atoms with Gasteiger partial charge in [0, 0.05) is 55.0 Å². The van der Waals surface area contributed by atoms with Crippen LogP contribution in [0.5, 0.6) is 0 Å². The molecule has 1 saturated heterocycles. The normalized spacial score (nSPS) is 14.4. The molecule has 0 atom stereocenters. The highest BCUT2D eigenvalue weighted by atomic mass is 15.2. The molecule has 0 unspecified atom stereocenters. The first-order valence-electron chi connectivity index (χ1n) is 9.91. The Hall–Kier alpha value is -3.53. The van der Waals surface area contributed by atoms with Crippen molar-refractivity contribution < 1.29 is 0 Å². The number of hydrogen-bond donors (Lipinski definition) is 1. The van der Waals surface area contributed by atoms with Gasteiger partial charge in [0.2, 0.25) is 0 Å². The molecule has 1 aliphatic heterocycles. The van der Waals surface area contributed by atoms with Gasteiger partial charge in [-0.2, -0.15) is 5.26 Å². The summed E-state index contributed by atoms with van der Waals surface area (Å²) in [6, 6.07) is 12.1. The van der Waals surface area contributed by atoms with Crippen LogP contribution in [0.3, 0.4) is 0 Å². The van der Waals surface area contributed by atoms with E-state index < -0.39 is 0 Å². The molecule has 0 radical (unpaired) electrons. The van der Waals surface area contributed by atoms with Crippen molar-refractivity contribution >= 4 is 11.6 Å². The van der Waals surface area contributed by atoms with E-state index in [0.29, 0.717) is 11.6 Å². The van der Waals surface area contributed by atoms with Crippen LogP contribution in [0.1, 0.15) is 31.0 Å². The molecule has 0 spiro atoms. The molecule has 29 heavy (non-hydrogen) atoms. The first-order valence-corrected chi connectivity index (χ1v) is 9.91. The van der Waals surface area contributed by atoms with E-state index in [2.05, 4.69) is 38.2 Å². The van der Waals surface area contributed by atoms with Crippen molar-refractivity contribution in [3.05, 3.63) is 60.2 Å². The van der Waals surface area contributed by atoms with Crippen molar-refractivity contribution in [2.75, 3.05) is 23.3 Å². The molecular formula is C22H23N7. The molecule has 1 fully saturated rings. The summed E-state index contributed by atoms with van der Waals surface area (Å²) < 4.78 is 0. The molecule has 3 aromatic heterocycles. The van der Waals surface area contributed by atoms with Crippen molar-refractivity contribution in [1.29, 1.82) is 5.26 Å². The quantitative estimate of drug-likeness (QED) is 0.719. The SMILES string of the molecule is CCc1cc(NC2CCN(c3ccc(C#N)cn3)CC2)nc(-c2ccncc2)n1. The average Bonchev–Trinajstić information content (AvgIpc) is 2.80. The summed E-state index contributed by atoms with van der Waals surface area (Å²) in [5.41, 5.74) is 2.58. The van der Waals surface area contributed by atoms with Gasteiger partial charge >= 0.3 is 0 Å². The average molecular weight is 385 g/mol. The predicted molar refractivity (Wildman–Crippen MR) is 112 cm³/mol. The van der Waals surface area contributed by atoms with Crippen LogP contribution in [0.25, 0.3) is 11.4 Å². The Bertz CT molecular complexity index is 988. The van der Waals surface area contributed by atoms with Crippen LogP contribution in [0, 0.1) is 11.3 Å². The van der Waals surface area contributed by atoms with Crippen LogP contribution in [-0.4, -0.2) is 39.1 Å². The first-order chi connectivity index (χ1) is 14.2. The largest absolute Gasteiger partial charge is 0.367 e. The van der Waals surface area contributed by atoms with Crippen LogP contribution >= 0.6 is 0 Å². The number of piperidine rings is 1. The van der Waals surface area contributed by atoms with E-state index in [9.17, 15) is 0 Å². The topological polar surface area (TPSA) is 90.6 Å². The third kappa shape index (κ3) is 4.49. The Morgan fingerprint density at radius 3 is 2.59 bits per heavy atom. The third-order valence-electron chi connectivity index (χ3n) is 5.13. The number of aromatic nitrogens is 4. The number of nitriles is 1. The maximum absolute atomic E-state index is 8.92. The highest BCUT2D eigenvalue weighted by Crippen LogP contribution is 2.22. The summed E-state index contributed by atoms with van der Waals surface area (Å²) in [5, 5.41) is 12.5. The highest BCUT2D eigenvalue weighted by molar-refractivity contribution is 5.57. The van der Waals surface area contributed by atoms with Crippen molar-refractivity contribution in [3.63, 3.8) is 0 Å². The summed E-state index contributed by atoms with van der Waals surface area (Å²) in [6.07, 6.45) is 8.01. The number of nitrogens with zero attached hydrogens (tertiary/aromatic N) is 6. The number of nitrogens with one attached hydrogen (secondary N) is 1. The van der Waals surface area contributed by atoms with Gasteiger partial charge in [-0.05, 0) is 43.5 Å². The molecule has 0 aromatic carbocycles. The second-order valence-electron chi connectivity index (χ2n) is 7.08. The summed E-state index contributed by atoms with van der Waals surface area (Å²) in [7, 11) is 0. The van der Waals surface area contributed by atoms with Gasteiger partial charge in [-0.3, -0.25) is 4.98 Å². The minimum absolute atomic E-state index is 0.356. The Labute approximate surface area is 170 Å². The molecule has 0 aliphatic carbocycles. The van der Waals surface area contributed by atoms with E-state index in [0.717, 1.165) is 61.1 Å². The lowest BCUT2D eigenvalue weighted by atomic mass is 10.0. The number of rotatable bonds is 5. The van der Waals surface area contributed by atoms with Crippen molar-refractivity contribution in [3.8, 4) is 17.5 Å². The van der Waals surface area contributed by atoms with E-state index in [4.69, 9.17) is 10.2 Å². The summed E-state index contributed by atoms with van der Waals surface area (Å²) in [5.74, 6) is 2.53. The maximum atomic E-state index is 8.92. The fraction of sp³-hybridized carbons (Fsp3) is 0.318. The van der Waals surface area contributed by atoms with Crippen LogP contribution < -0.4 is 10.2 Å². The molecular weight excluding hydrogens is 362 g/mol. The number of pyridine rings is 2. The Balaban J connectivity index is 1.43. The monoisotopic (exact) mass is 385 g/mol. The van der Waals surface area contributed by atoms with Gasteiger partial charge in [-0.1, -0.05) is 6.92 Å². The van der Waals surface area contributed by atoms with Crippen molar-refractivity contribution in [2.24, 2.45) is 0 Å².